The van der Waals surface area contributed by atoms with Gasteiger partial charge in [0.15, 0.2) is 0 Å². The number of sulfonamides is 1. The Morgan fingerprint density at radius 1 is 0.885 bits per heavy atom. The van der Waals surface area contributed by atoms with Crippen LogP contribution in [0.15, 0.2) is 59.5 Å². The Bertz CT molecular complexity index is 848. The average Bonchev–Trinajstić information content (AvgIpc) is 2.82. The molecule has 1 N–H and O–H groups in total. The van der Waals surface area contributed by atoms with E-state index in [0.29, 0.717) is 0 Å². The Hall–Kier alpha value is -1.67. The molecule has 2 aromatic rings. The molecule has 1 fully saturated rings. The maximum Gasteiger partial charge on any atom is 0.494 e. The predicted octanol–water partition coefficient (Wildman–Crippen LogP) is 2.46. The molecule has 0 spiro atoms. The van der Waals surface area contributed by atoms with Crippen LogP contribution in [0.3, 0.4) is 0 Å². The minimum Gasteiger partial charge on any atom is -0.399 e. The highest BCUT2D eigenvalue weighted by atomic mass is 32.2. The lowest BCUT2D eigenvalue weighted by atomic mass is 9.79. The van der Waals surface area contributed by atoms with Crippen LogP contribution in [0.2, 0.25) is 0 Å². The molecule has 1 heterocycles. The molecule has 1 saturated heterocycles. The molecule has 5 nitrogen and oxygen atoms in total. The quantitative estimate of drug-likeness (QED) is 0.818. The smallest absolute Gasteiger partial charge is 0.399 e. The van der Waals surface area contributed by atoms with E-state index in [-0.39, 0.29) is 11.4 Å². The second-order valence-corrected chi connectivity index (χ2v) is 9.23. The molecular formula is C19H24BNO4S. The van der Waals surface area contributed by atoms with Crippen LogP contribution in [-0.2, 0) is 25.9 Å². The normalized spacial score (nSPS) is 18.8. The molecule has 3 rings (SSSR count). The van der Waals surface area contributed by atoms with Gasteiger partial charge < -0.3 is 9.31 Å². The highest BCUT2D eigenvalue weighted by Crippen LogP contribution is 2.36. The summed E-state index contributed by atoms with van der Waals surface area (Å²) in [7, 11) is -4.08. The van der Waals surface area contributed by atoms with Gasteiger partial charge in [-0.2, -0.15) is 0 Å². The molecule has 1 aliphatic rings. The highest BCUT2D eigenvalue weighted by Gasteiger charge is 2.51. The molecule has 0 aliphatic carbocycles. The van der Waals surface area contributed by atoms with Crippen LogP contribution in [0, 0.1) is 0 Å². The van der Waals surface area contributed by atoms with Gasteiger partial charge >= 0.3 is 7.12 Å². The third-order valence-corrected chi connectivity index (χ3v) is 6.44. The van der Waals surface area contributed by atoms with Gasteiger partial charge in [-0.3, -0.25) is 0 Å². The molecule has 0 saturated carbocycles. The van der Waals surface area contributed by atoms with Crippen LogP contribution in [0.1, 0.15) is 33.3 Å². The Kier molecular flexibility index (Phi) is 5.01. The minimum atomic E-state index is -3.58. The van der Waals surface area contributed by atoms with Crippen LogP contribution in [0.5, 0.6) is 0 Å². The van der Waals surface area contributed by atoms with Gasteiger partial charge in [0.1, 0.15) is 0 Å². The highest BCUT2D eigenvalue weighted by molar-refractivity contribution is 7.89. The lowest BCUT2D eigenvalue weighted by molar-refractivity contribution is 0.00578. The Labute approximate surface area is 155 Å². The van der Waals surface area contributed by atoms with E-state index in [4.69, 9.17) is 9.31 Å². The van der Waals surface area contributed by atoms with Gasteiger partial charge in [-0.15, -0.1) is 0 Å². The van der Waals surface area contributed by atoms with Crippen molar-refractivity contribution >= 4 is 22.6 Å². The molecule has 138 valence electrons. The van der Waals surface area contributed by atoms with E-state index in [2.05, 4.69) is 4.72 Å². The van der Waals surface area contributed by atoms with E-state index in [1.165, 1.54) is 0 Å². The van der Waals surface area contributed by atoms with E-state index < -0.39 is 28.3 Å². The summed E-state index contributed by atoms with van der Waals surface area (Å²) in [4.78, 5) is 0.216. The van der Waals surface area contributed by atoms with Gasteiger partial charge in [-0.05, 0) is 50.9 Å². The van der Waals surface area contributed by atoms with E-state index >= 15 is 0 Å². The first-order valence-electron chi connectivity index (χ1n) is 8.60. The zero-order valence-corrected chi connectivity index (χ0v) is 16.3. The fraction of sp³-hybridized carbons (Fsp3) is 0.368. The lowest BCUT2D eigenvalue weighted by Gasteiger charge is -2.32. The van der Waals surface area contributed by atoms with Gasteiger partial charge in [0.2, 0.25) is 10.0 Å². The second kappa shape index (κ2) is 6.81. The maximum atomic E-state index is 12.5. The van der Waals surface area contributed by atoms with Crippen molar-refractivity contribution in [3.05, 3.63) is 60.2 Å². The Morgan fingerprint density at radius 3 is 1.96 bits per heavy atom. The molecule has 26 heavy (non-hydrogen) atoms. The topological polar surface area (TPSA) is 64.6 Å². The molecule has 1 aliphatic heterocycles. The maximum absolute atomic E-state index is 12.5. The first kappa shape index (κ1) is 19.1. The van der Waals surface area contributed by atoms with Crippen molar-refractivity contribution in [1.29, 1.82) is 0 Å². The molecular weight excluding hydrogens is 349 g/mol. The number of hydrogen-bond donors (Lipinski definition) is 1. The van der Waals surface area contributed by atoms with E-state index in [9.17, 15) is 8.42 Å². The van der Waals surface area contributed by atoms with Crippen molar-refractivity contribution in [3.8, 4) is 0 Å². The van der Waals surface area contributed by atoms with Crippen LogP contribution in [0.25, 0.3) is 0 Å². The largest absolute Gasteiger partial charge is 0.494 e. The van der Waals surface area contributed by atoms with Crippen molar-refractivity contribution in [2.24, 2.45) is 0 Å². The summed E-state index contributed by atoms with van der Waals surface area (Å²) in [5.41, 5.74) is 0.842. The van der Waals surface area contributed by atoms with Crippen molar-refractivity contribution < 1.29 is 17.7 Å². The van der Waals surface area contributed by atoms with Crippen LogP contribution in [0.4, 0.5) is 0 Å². The first-order valence-corrected chi connectivity index (χ1v) is 10.1. The Morgan fingerprint density at radius 2 is 1.42 bits per heavy atom. The fourth-order valence-corrected chi connectivity index (χ4v) is 3.66. The summed E-state index contributed by atoms with van der Waals surface area (Å²) < 4.78 is 39.5. The zero-order chi connectivity index (χ0) is 19.0. The summed E-state index contributed by atoms with van der Waals surface area (Å²) in [6.45, 7) is 8.19. The minimum absolute atomic E-state index is 0.216. The predicted molar refractivity (Wildman–Crippen MR) is 103 cm³/mol. The summed E-state index contributed by atoms with van der Waals surface area (Å²) in [5, 5.41) is 0. The molecule has 0 amide bonds. The van der Waals surface area contributed by atoms with Crippen molar-refractivity contribution in [1.82, 2.24) is 4.72 Å². The zero-order valence-electron chi connectivity index (χ0n) is 15.5. The summed E-state index contributed by atoms with van der Waals surface area (Å²) >= 11 is 0. The third kappa shape index (κ3) is 3.86. The van der Waals surface area contributed by atoms with Gasteiger partial charge in [-0.25, -0.2) is 13.1 Å². The van der Waals surface area contributed by atoms with E-state index in [1.54, 1.807) is 24.3 Å². The van der Waals surface area contributed by atoms with Crippen LogP contribution >= 0.6 is 0 Å². The van der Waals surface area contributed by atoms with Gasteiger partial charge in [0, 0.05) is 6.54 Å². The van der Waals surface area contributed by atoms with Crippen molar-refractivity contribution in [3.63, 3.8) is 0 Å². The number of benzene rings is 2. The average molecular weight is 373 g/mol. The molecule has 0 radical (unpaired) electrons. The monoisotopic (exact) mass is 373 g/mol. The number of hydrogen-bond acceptors (Lipinski definition) is 4. The standard InChI is InChI=1S/C19H24BNO4S/c1-18(2)19(3,4)25-20(24-18)16-10-12-17(13-11-16)26(22,23)21-14-15-8-6-5-7-9-15/h5-13,21H,14H2,1-4H3. The summed E-state index contributed by atoms with van der Waals surface area (Å²) in [5.74, 6) is 0. The molecule has 2 aromatic carbocycles. The third-order valence-electron chi connectivity index (χ3n) is 5.02. The van der Waals surface area contributed by atoms with E-state index in [0.717, 1.165) is 11.0 Å². The van der Waals surface area contributed by atoms with Gasteiger partial charge in [0.05, 0.1) is 16.1 Å². The lowest BCUT2D eigenvalue weighted by Crippen LogP contribution is -2.41. The van der Waals surface area contributed by atoms with Crippen molar-refractivity contribution in [2.45, 2.75) is 50.3 Å². The van der Waals surface area contributed by atoms with Crippen molar-refractivity contribution in [2.75, 3.05) is 0 Å². The van der Waals surface area contributed by atoms with Crippen LogP contribution in [-0.4, -0.2) is 26.7 Å². The SMILES string of the molecule is CC1(C)OB(c2ccc(S(=O)(=O)NCc3ccccc3)cc2)OC1(C)C. The van der Waals surface area contributed by atoms with Gasteiger partial charge in [0.25, 0.3) is 0 Å². The van der Waals surface area contributed by atoms with E-state index in [1.807, 2.05) is 58.0 Å². The molecule has 0 aromatic heterocycles. The molecule has 0 unspecified atom stereocenters. The summed E-state index contributed by atoms with van der Waals surface area (Å²) in [6, 6.07) is 16.0. The molecule has 0 bridgehead atoms. The van der Waals surface area contributed by atoms with Crippen LogP contribution < -0.4 is 10.2 Å². The first-order chi connectivity index (χ1) is 12.1. The molecule has 7 heteroatoms. The van der Waals surface area contributed by atoms with Gasteiger partial charge in [-0.1, -0.05) is 42.5 Å². The fourth-order valence-electron chi connectivity index (χ4n) is 2.64. The number of rotatable bonds is 5. The summed E-state index contributed by atoms with van der Waals surface area (Å²) in [6.07, 6.45) is 0. The Balaban J connectivity index is 1.71. The second-order valence-electron chi connectivity index (χ2n) is 7.47. The number of nitrogens with one attached hydrogen (secondary N) is 1. The molecule has 0 atom stereocenters.